The second kappa shape index (κ2) is 6.55. The Kier molecular flexibility index (Phi) is 4.66. The van der Waals surface area contributed by atoms with Gasteiger partial charge in [-0.3, -0.25) is 4.79 Å². The minimum atomic E-state index is -0.0708. The Bertz CT molecular complexity index is 786. The summed E-state index contributed by atoms with van der Waals surface area (Å²) in [6, 6.07) is 6.19. The van der Waals surface area contributed by atoms with Crippen LogP contribution >= 0.6 is 34.0 Å². The molecule has 0 aromatic carbocycles. The van der Waals surface area contributed by atoms with Crippen LogP contribution in [0.3, 0.4) is 0 Å². The quantitative estimate of drug-likeness (QED) is 0.698. The number of carbonyl (C=O) groups excluding carboxylic acids is 1. The van der Waals surface area contributed by atoms with Crippen LogP contribution in [-0.2, 0) is 5.41 Å². The number of carbonyl (C=O) groups is 1. The van der Waals surface area contributed by atoms with E-state index < -0.39 is 0 Å². The Morgan fingerprint density at radius 2 is 2.13 bits per heavy atom. The lowest BCUT2D eigenvalue weighted by molar-refractivity contribution is 0.0949. The average Bonchev–Trinajstić information content (AvgIpc) is 3.24. The highest BCUT2D eigenvalue weighted by atomic mass is 32.1. The molecule has 6 heteroatoms. The number of rotatable bonds is 5. The molecule has 1 amide bonds. The molecule has 120 valence electrons. The molecule has 3 nitrogen and oxygen atoms in total. The van der Waals surface area contributed by atoms with E-state index in [1.54, 1.807) is 22.7 Å². The lowest BCUT2D eigenvalue weighted by Gasteiger charge is -2.23. The lowest BCUT2D eigenvalue weighted by atomic mass is 9.91. The maximum Gasteiger partial charge on any atom is 0.263 e. The second-order valence-electron chi connectivity index (χ2n) is 5.99. The molecule has 0 fully saturated rings. The molecule has 23 heavy (non-hydrogen) atoms. The molecule has 0 aliphatic heterocycles. The molecule has 0 bridgehead atoms. The van der Waals surface area contributed by atoms with Crippen LogP contribution in [-0.4, -0.2) is 17.4 Å². The molecule has 0 saturated carbocycles. The predicted molar refractivity (Wildman–Crippen MR) is 99.8 cm³/mol. The number of amides is 1. The van der Waals surface area contributed by atoms with Gasteiger partial charge in [-0.1, -0.05) is 19.9 Å². The van der Waals surface area contributed by atoms with E-state index in [2.05, 4.69) is 41.0 Å². The number of hydrogen-bond donors (Lipinski definition) is 1. The normalized spacial score (nSPS) is 11.6. The third kappa shape index (κ3) is 3.54. The summed E-state index contributed by atoms with van der Waals surface area (Å²) in [5, 5.41) is 10.1. The number of aryl methyl sites for hydroxylation is 1. The fraction of sp³-hybridized carbons (Fsp3) is 0.294. The fourth-order valence-corrected chi connectivity index (χ4v) is 4.80. The van der Waals surface area contributed by atoms with Gasteiger partial charge in [-0.25, -0.2) is 4.98 Å². The van der Waals surface area contributed by atoms with E-state index >= 15 is 0 Å². The van der Waals surface area contributed by atoms with Crippen LogP contribution < -0.4 is 5.32 Å². The highest BCUT2D eigenvalue weighted by Crippen LogP contribution is 2.30. The van der Waals surface area contributed by atoms with Crippen LogP contribution in [0.5, 0.6) is 0 Å². The van der Waals surface area contributed by atoms with Gasteiger partial charge in [0.05, 0.1) is 5.69 Å². The van der Waals surface area contributed by atoms with Gasteiger partial charge in [0.25, 0.3) is 5.91 Å². The van der Waals surface area contributed by atoms with Gasteiger partial charge in [-0.2, -0.15) is 11.3 Å². The smallest absolute Gasteiger partial charge is 0.263 e. The summed E-state index contributed by atoms with van der Waals surface area (Å²) in [6.07, 6.45) is 0. The molecule has 0 unspecified atom stereocenters. The van der Waals surface area contributed by atoms with Crippen molar-refractivity contribution < 1.29 is 4.79 Å². The SMILES string of the molecule is Cc1nc(-c2ccsc2)sc1C(=O)NCC(C)(C)c1cccs1. The molecule has 0 aliphatic rings. The minimum absolute atomic E-state index is 0.0360. The molecule has 1 N–H and O–H groups in total. The summed E-state index contributed by atoms with van der Waals surface area (Å²) in [4.78, 5) is 19.0. The van der Waals surface area contributed by atoms with Crippen molar-refractivity contribution in [1.82, 2.24) is 10.3 Å². The Morgan fingerprint density at radius 3 is 2.78 bits per heavy atom. The maximum absolute atomic E-state index is 12.5. The molecule has 0 radical (unpaired) electrons. The first-order chi connectivity index (χ1) is 11.0. The van der Waals surface area contributed by atoms with Gasteiger partial charge in [0, 0.05) is 27.8 Å². The van der Waals surface area contributed by atoms with Crippen LogP contribution in [0.15, 0.2) is 34.3 Å². The van der Waals surface area contributed by atoms with Gasteiger partial charge in [0.15, 0.2) is 0 Å². The zero-order valence-corrected chi connectivity index (χ0v) is 15.7. The second-order valence-corrected chi connectivity index (χ2v) is 8.72. The Morgan fingerprint density at radius 1 is 1.30 bits per heavy atom. The molecule has 3 heterocycles. The summed E-state index contributed by atoms with van der Waals surface area (Å²) in [7, 11) is 0. The Labute approximate surface area is 148 Å². The van der Waals surface area contributed by atoms with Crippen LogP contribution in [0.1, 0.15) is 34.1 Å². The molecule has 3 aromatic rings. The van der Waals surface area contributed by atoms with E-state index in [1.165, 1.54) is 16.2 Å². The van der Waals surface area contributed by atoms with Crippen molar-refractivity contribution >= 4 is 39.9 Å². The van der Waals surface area contributed by atoms with Crippen molar-refractivity contribution in [2.45, 2.75) is 26.2 Å². The highest BCUT2D eigenvalue weighted by Gasteiger charge is 2.24. The topological polar surface area (TPSA) is 42.0 Å². The summed E-state index contributed by atoms with van der Waals surface area (Å²) in [5.74, 6) is -0.0360. The van der Waals surface area contributed by atoms with E-state index in [-0.39, 0.29) is 11.3 Å². The molecule has 3 rings (SSSR count). The summed E-state index contributed by atoms with van der Waals surface area (Å²) < 4.78 is 0. The molecule has 0 spiro atoms. The van der Waals surface area contributed by atoms with Crippen molar-refractivity contribution in [1.29, 1.82) is 0 Å². The number of hydrogen-bond acceptors (Lipinski definition) is 5. The predicted octanol–water partition coefficient (Wildman–Crippen LogP) is 4.95. The monoisotopic (exact) mass is 362 g/mol. The van der Waals surface area contributed by atoms with Crippen molar-refractivity contribution in [3.63, 3.8) is 0 Å². The van der Waals surface area contributed by atoms with Crippen LogP contribution in [0, 0.1) is 6.92 Å². The first-order valence-corrected chi connectivity index (χ1v) is 9.93. The molecular weight excluding hydrogens is 344 g/mol. The van der Waals surface area contributed by atoms with Crippen LogP contribution in [0.25, 0.3) is 10.6 Å². The average molecular weight is 363 g/mol. The summed E-state index contributed by atoms with van der Waals surface area (Å²) in [6.45, 7) is 6.80. The zero-order chi connectivity index (χ0) is 16.4. The van der Waals surface area contributed by atoms with E-state index in [1.807, 2.05) is 24.4 Å². The fourth-order valence-electron chi connectivity index (χ4n) is 2.25. The summed E-state index contributed by atoms with van der Waals surface area (Å²) in [5.41, 5.74) is 1.81. The molecule has 0 aliphatic carbocycles. The van der Waals surface area contributed by atoms with Crippen molar-refractivity contribution in [2.75, 3.05) is 6.54 Å². The number of aromatic nitrogens is 1. The van der Waals surface area contributed by atoms with E-state index in [0.717, 1.165) is 16.3 Å². The van der Waals surface area contributed by atoms with Crippen molar-refractivity contribution in [3.8, 4) is 10.6 Å². The lowest BCUT2D eigenvalue weighted by Crippen LogP contribution is -2.36. The number of nitrogens with one attached hydrogen (secondary N) is 1. The third-order valence-electron chi connectivity index (χ3n) is 3.65. The van der Waals surface area contributed by atoms with Crippen LogP contribution in [0.2, 0.25) is 0 Å². The molecule has 0 saturated heterocycles. The zero-order valence-electron chi connectivity index (χ0n) is 13.3. The van der Waals surface area contributed by atoms with Gasteiger partial charge >= 0.3 is 0 Å². The van der Waals surface area contributed by atoms with Gasteiger partial charge < -0.3 is 5.32 Å². The van der Waals surface area contributed by atoms with E-state index in [9.17, 15) is 4.79 Å². The number of nitrogens with zero attached hydrogens (tertiary/aromatic N) is 1. The Balaban J connectivity index is 1.72. The minimum Gasteiger partial charge on any atom is -0.350 e. The summed E-state index contributed by atoms with van der Waals surface area (Å²) >= 11 is 4.82. The van der Waals surface area contributed by atoms with Crippen molar-refractivity contribution in [2.24, 2.45) is 0 Å². The maximum atomic E-state index is 12.5. The molecular formula is C17H18N2OS3. The van der Waals surface area contributed by atoms with Gasteiger partial charge in [-0.15, -0.1) is 22.7 Å². The number of thiophene rings is 2. The first kappa shape index (κ1) is 16.4. The van der Waals surface area contributed by atoms with Crippen LogP contribution in [0.4, 0.5) is 0 Å². The highest BCUT2D eigenvalue weighted by molar-refractivity contribution is 7.17. The van der Waals surface area contributed by atoms with E-state index in [4.69, 9.17) is 0 Å². The Hall–Kier alpha value is -1.50. The largest absolute Gasteiger partial charge is 0.350 e. The number of thiazole rings is 1. The van der Waals surface area contributed by atoms with Crippen molar-refractivity contribution in [3.05, 3.63) is 49.8 Å². The molecule has 0 atom stereocenters. The van der Waals surface area contributed by atoms with E-state index in [0.29, 0.717) is 11.4 Å². The van der Waals surface area contributed by atoms with Gasteiger partial charge in [-0.05, 0) is 29.8 Å². The molecule has 3 aromatic heterocycles. The standard InChI is InChI=1S/C17H18N2OS3/c1-11-14(23-16(19-11)12-6-8-21-9-12)15(20)18-10-17(2,3)13-5-4-7-22-13/h4-9H,10H2,1-3H3,(H,18,20). The third-order valence-corrected chi connectivity index (χ3v) is 6.77. The first-order valence-electron chi connectivity index (χ1n) is 7.29. The van der Waals surface area contributed by atoms with Gasteiger partial charge in [0.2, 0.25) is 0 Å². The van der Waals surface area contributed by atoms with Gasteiger partial charge in [0.1, 0.15) is 9.88 Å².